The van der Waals surface area contributed by atoms with Gasteiger partial charge in [-0.25, -0.2) is 13.2 Å². The highest BCUT2D eigenvalue weighted by molar-refractivity contribution is 7.90. The van der Waals surface area contributed by atoms with Crippen molar-refractivity contribution >= 4 is 15.8 Å². The van der Waals surface area contributed by atoms with Gasteiger partial charge in [0.2, 0.25) is 0 Å². The van der Waals surface area contributed by atoms with Gasteiger partial charge in [-0.3, -0.25) is 0 Å². The Labute approximate surface area is 120 Å². The van der Waals surface area contributed by atoms with Crippen molar-refractivity contribution in [2.24, 2.45) is 0 Å². The van der Waals surface area contributed by atoms with Crippen LogP contribution >= 0.6 is 0 Å². The van der Waals surface area contributed by atoms with Gasteiger partial charge in [0.1, 0.15) is 0 Å². The predicted octanol–water partition coefficient (Wildman–Crippen LogP) is 2.37. The van der Waals surface area contributed by atoms with Crippen LogP contribution in [0.2, 0.25) is 0 Å². The summed E-state index contributed by atoms with van der Waals surface area (Å²) in [6, 6.07) is 2.91. The lowest BCUT2D eigenvalue weighted by Crippen LogP contribution is -2.11. The van der Waals surface area contributed by atoms with Crippen LogP contribution in [0.4, 0.5) is 0 Å². The van der Waals surface area contributed by atoms with E-state index in [9.17, 15) is 13.2 Å². The largest absolute Gasteiger partial charge is 0.465 e. The Morgan fingerprint density at radius 1 is 1.45 bits per heavy atom. The second-order valence-electron chi connectivity index (χ2n) is 4.65. The lowest BCUT2D eigenvalue weighted by molar-refractivity contribution is 0.0600. The summed E-state index contributed by atoms with van der Waals surface area (Å²) in [6.45, 7) is 3.88. The number of sulfone groups is 1. The van der Waals surface area contributed by atoms with Crippen LogP contribution in [0.5, 0.6) is 0 Å². The molecule has 20 heavy (non-hydrogen) atoms. The number of rotatable bonds is 4. The van der Waals surface area contributed by atoms with Crippen molar-refractivity contribution in [1.82, 2.24) is 0 Å². The zero-order valence-corrected chi connectivity index (χ0v) is 12.9. The van der Waals surface area contributed by atoms with Crippen LogP contribution in [-0.2, 0) is 14.6 Å². The Kier molecular flexibility index (Phi) is 4.96. The molecule has 0 saturated carbocycles. The van der Waals surface area contributed by atoms with E-state index in [2.05, 4.69) is 10.7 Å². The Hall–Kier alpha value is -1.80. The number of terminal acetylenes is 1. The molecule has 0 aliphatic carbocycles. The standard InChI is InChI=1S/C15H18O4S/c1-6-10(3)12-8-11(7-2)13(15(16)19-4)9-14(12)20(5,17)18/h2,8-10H,6H2,1,3-5H3. The van der Waals surface area contributed by atoms with Crippen LogP contribution in [0, 0.1) is 12.3 Å². The number of carbonyl (C=O) groups excluding carboxylic acids is 1. The van der Waals surface area contributed by atoms with Crippen LogP contribution in [0.25, 0.3) is 0 Å². The maximum absolute atomic E-state index is 11.9. The van der Waals surface area contributed by atoms with E-state index in [1.54, 1.807) is 6.07 Å². The van der Waals surface area contributed by atoms with Crippen molar-refractivity contribution in [3.05, 3.63) is 28.8 Å². The average molecular weight is 294 g/mol. The molecule has 0 aliphatic rings. The van der Waals surface area contributed by atoms with Crippen molar-refractivity contribution in [2.75, 3.05) is 13.4 Å². The quantitative estimate of drug-likeness (QED) is 0.632. The summed E-state index contributed by atoms with van der Waals surface area (Å²) in [4.78, 5) is 11.8. The summed E-state index contributed by atoms with van der Waals surface area (Å²) in [6.07, 6.45) is 7.29. The fraction of sp³-hybridized carbons (Fsp3) is 0.400. The number of benzene rings is 1. The van der Waals surface area contributed by atoms with Crippen molar-refractivity contribution in [2.45, 2.75) is 31.1 Å². The first-order chi connectivity index (χ1) is 9.26. The second-order valence-corrected chi connectivity index (χ2v) is 6.64. The first-order valence-electron chi connectivity index (χ1n) is 6.19. The van der Waals surface area contributed by atoms with Crippen LogP contribution in [0.1, 0.15) is 47.7 Å². The third-order valence-corrected chi connectivity index (χ3v) is 4.41. The third kappa shape index (κ3) is 3.20. The third-order valence-electron chi connectivity index (χ3n) is 3.25. The van der Waals surface area contributed by atoms with Gasteiger partial charge in [-0.15, -0.1) is 6.42 Å². The number of esters is 1. The van der Waals surface area contributed by atoms with Gasteiger partial charge in [0.05, 0.1) is 17.6 Å². The van der Waals surface area contributed by atoms with E-state index >= 15 is 0 Å². The predicted molar refractivity (Wildman–Crippen MR) is 77.5 cm³/mol. The minimum absolute atomic E-state index is 0.0264. The summed E-state index contributed by atoms with van der Waals surface area (Å²) in [5, 5.41) is 0. The molecular formula is C15H18O4S. The number of hydrogen-bond donors (Lipinski definition) is 0. The highest BCUT2D eigenvalue weighted by Crippen LogP contribution is 2.29. The smallest absolute Gasteiger partial charge is 0.339 e. The molecule has 0 N–H and O–H groups in total. The van der Waals surface area contributed by atoms with Crippen LogP contribution in [0.3, 0.4) is 0 Å². The molecule has 0 amide bonds. The molecule has 0 aromatic heterocycles. The summed E-state index contributed by atoms with van der Waals surface area (Å²) < 4.78 is 28.5. The molecule has 0 aliphatic heterocycles. The van der Waals surface area contributed by atoms with Gasteiger partial charge < -0.3 is 4.74 Å². The first-order valence-corrected chi connectivity index (χ1v) is 8.08. The van der Waals surface area contributed by atoms with Crippen LogP contribution < -0.4 is 0 Å². The number of hydrogen-bond acceptors (Lipinski definition) is 4. The lowest BCUT2D eigenvalue weighted by atomic mass is 9.94. The summed E-state index contributed by atoms with van der Waals surface area (Å²) >= 11 is 0. The molecule has 4 nitrogen and oxygen atoms in total. The molecule has 1 rings (SSSR count). The zero-order chi connectivity index (χ0) is 15.5. The fourth-order valence-corrected chi connectivity index (χ4v) is 2.94. The minimum Gasteiger partial charge on any atom is -0.465 e. The maximum atomic E-state index is 11.9. The molecule has 1 atom stereocenters. The van der Waals surface area contributed by atoms with E-state index in [1.807, 2.05) is 13.8 Å². The van der Waals surface area contributed by atoms with Gasteiger partial charge in [-0.2, -0.15) is 0 Å². The lowest BCUT2D eigenvalue weighted by Gasteiger charge is -2.16. The molecule has 0 bridgehead atoms. The number of methoxy groups -OCH3 is 1. The molecule has 0 spiro atoms. The van der Waals surface area contributed by atoms with E-state index in [1.165, 1.54) is 13.2 Å². The molecule has 108 valence electrons. The Balaban J connectivity index is 3.72. The molecule has 0 heterocycles. The normalized spacial score (nSPS) is 12.6. The van der Waals surface area contributed by atoms with E-state index in [4.69, 9.17) is 6.42 Å². The van der Waals surface area contributed by atoms with Crippen molar-refractivity contribution < 1.29 is 17.9 Å². The monoisotopic (exact) mass is 294 g/mol. The molecule has 0 saturated heterocycles. The van der Waals surface area contributed by atoms with Gasteiger partial charge in [0.25, 0.3) is 0 Å². The van der Waals surface area contributed by atoms with Gasteiger partial charge in [0.15, 0.2) is 9.84 Å². The number of carbonyl (C=O) groups is 1. The highest BCUT2D eigenvalue weighted by Gasteiger charge is 2.22. The maximum Gasteiger partial charge on any atom is 0.339 e. The van der Waals surface area contributed by atoms with E-state index < -0.39 is 15.8 Å². The SMILES string of the molecule is C#Cc1cc(C(C)CC)c(S(C)(=O)=O)cc1C(=O)OC. The fourth-order valence-electron chi connectivity index (χ4n) is 1.92. The van der Waals surface area contributed by atoms with E-state index in [0.717, 1.165) is 12.7 Å². The van der Waals surface area contributed by atoms with Crippen molar-refractivity contribution in [3.8, 4) is 12.3 Å². The van der Waals surface area contributed by atoms with Crippen molar-refractivity contribution in [3.63, 3.8) is 0 Å². The van der Waals surface area contributed by atoms with E-state index in [-0.39, 0.29) is 16.4 Å². The van der Waals surface area contributed by atoms with Gasteiger partial charge in [-0.05, 0) is 30.0 Å². The van der Waals surface area contributed by atoms with E-state index in [0.29, 0.717) is 11.1 Å². The Morgan fingerprint density at radius 3 is 2.45 bits per heavy atom. The van der Waals surface area contributed by atoms with Gasteiger partial charge >= 0.3 is 5.97 Å². The zero-order valence-electron chi connectivity index (χ0n) is 12.1. The van der Waals surface area contributed by atoms with Crippen LogP contribution in [-0.4, -0.2) is 27.8 Å². The molecule has 1 aromatic rings. The Morgan fingerprint density at radius 2 is 2.05 bits per heavy atom. The topological polar surface area (TPSA) is 60.4 Å². The average Bonchev–Trinajstić information content (AvgIpc) is 2.42. The molecule has 0 fully saturated rings. The summed E-state index contributed by atoms with van der Waals surface area (Å²) in [5.41, 5.74) is 1.08. The summed E-state index contributed by atoms with van der Waals surface area (Å²) in [5.74, 6) is 1.80. The van der Waals surface area contributed by atoms with Gasteiger partial charge in [0, 0.05) is 11.8 Å². The van der Waals surface area contributed by atoms with Crippen molar-refractivity contribution in [1.29, 1.82) is 0 Å². The van der Waals surface area contributed by atoms with Crippen LogP contribution in [0.15, 0.2) is 17.0 Å². The Bertz CT molecular complexity index is 666. The molecule has 1 aromatic carbocycles. The van der Waals surface area contributed by atoms with Gasteiger partial charge in [-0.1, -0.05) is 19.8 Å². The number of ether oxygens (including phenoxy) is 1. The highest BCUT2D eigenvalue weighted by atomic mass is 32.2. The molecule has 1 unspecified atom stereocenters. The first kappa shape index (κ1) is 16.3. The molecular weight excluding hydrogens is 276 g/mol. The second kappa shape index (κ2) is 6.10. The summed E-state index contributed by atoms with van der Waals surface area (Å²) in [7, 11) is -2.23. The molecule has 0 radical (unpaired) electrons. The molecule has 5 heteroatoms. The minimum atomic E-state index is -3.45.